The summed E-state index contributed by atoms with van der Waals surface area (Å²) in [6.07, 6.45) is -4.01. The minimum Gasteiger partial charge on any atom is -0.495 e. The van der Waals surface area contributed by atoms with Crippen molar-refractivity contribution in [1.82, 2.24) is 10.5 Å². The van der Waals surface area contributed by atoms with Gasteiger partial charge in [-0.15, -0.1) is 13.2 Å². The first-order valence-electron chi connectivity index (χ1n) is 11.3. The van der Waals surface area contributed by atoms with Crippen molar-refractivity contribution in [3.05, 3.63) is 78.6 Å². The molecule has 2 N–H and O–H groups in total. The maximum Gasteiger partial charge on any atom is 0.573 e. The third-order valence-corrected chi connectivity index (χ3v) is 6.85. The predicted molar refractivity (Wildman–Crippen MR) is 135 cm³/mol. The first kappa shape index (κ1) is 29.1. The number of hydrogen-bond acceptors (Lipinski definition) is 7. The first-order valence-corrected chi connectivity index (χ1v) is 12.8. The van der Waals surface area contributed by atoms with Crippen molar-refractivity contribution in [1.29, 1.82) is 0 Å². The molecule has 16 heteroatoms. The van der Waals surface area contributed by atoms with Gasteiger partial charge in [0.15, 0.2) is 17.4 Å². The average Bonchev–Trinajstić information content (AvgIpc) is 3.42. The highest BCUT2D eigenvalue weighted by molar-refractivity contribution is 7.92. The second kappa shape index (κ2) is 11.3. The second-order valence-corrected chi connectivity index (χ2v) is 9.75. The lowest BCUT2D eigenvalue weighted by molar-refractivity contribution is -0.275. The maximum absolute atomic E-state index is 15.4. The molecule has 0 aliphatic carbocycles. The molecule has 0 atom stereocenters. The smallest absolute Gasteiger partial charge is 0.495 e. The molecule has 0 bridgehead atoms. The molecule has 0 fully saturated rings. The van der Waals surface area contributed by atoms with Gasteiger partial charge < -0.3 is 19.3 Å². The number of nitrogens with one attached hydrogen (secondary N) is 2. The number of methoxy groups -OCH3 is 1. The molecule has 1 aromatic heterocycles. The van der Waals surface area contributed by atoms with E-state index in [1.54, 1.807) is 0 Å². The van der Waals surface area contributed by atoms with E-state index in [9.17, 15) is 30.8 Å². The van der Waals surface area contributed by atoms with E-state index in [1.165, 1.54) is 50.8 Å². The van der Waals surface area contributed by atoms with Crippen LogP contribution in [0.1, 0.15) is 0 Å². The second-order valence-electron chi connectivity index (χ2n) is 8.07. The molecule has 0 unspecified atom stereocenters. The normalized spacial score (nSPS) is 11.6. The largest absolute Gasteiger partial charge is 0.573 e. The van der Waals surface area contributed by atoms with Gasteiger partial charge in [-0.3, -0.25) is 9.62 Å². The quantitative estimate of drug-likeness (QED) is 0.246. The number of carbonyl (C=O) groups excluding carboxylic acids is 1. The molecule has 0 aliphatic heterocycles. The highest BCUT2D eigenvalue weighted by Crippen LogP contribution is 2.40. The van der Waals surface area contributed by atoms with Gasteiger partial charge in [0.1, 0.15) is 17.8 Å². The first-order chi connectivity index (χ1) is 19.3. The number of hydrogen-bond donors (Lipinski definition) is 2. The van der Waals surface area contributed by atoms with Crippen molar-refractivity contribution in [2.75, 3.05) is 23.8 Å². The Hall–Kier alpha value is -4.86. The number of sulfonamides is 1. The average molecular weight is 599 g/mol. The van der Waals surface area contributed by atoms with Gasteiger partial charge in [-0.1, -0.05) is 11.2 Å². The number of alkyl halides is 3. The summed E-state index contributed by atoms with van der Waals surface area (Å²) in [7, 11) is -1.57. The van der Waals surface area contributed by atoms with Crippen LogP contribution in [0.3, 0.4) is 0 Å². The molecule has 3 aromatic carbocycles. The Bertz CT molecular complexity index is 1660. The number of amides is 2. The topological polar surface area (TPSA) is 123 Å². The van der Waals surface area contributed by atoms with Crippen LogP contribution in [0.25, 0.3) is 11.1 Å². The summed E-state index contributed by atoms with van der Waals surface area (Å²) in [6, 6.07) is 9.82. The van der Waals surface area contributed by atoms with Crippen molar-refractivity contribution in [2.45, 2.75) is 11.3 Å². The number of ether oxygens (including phenoxy) is 2. The highest BCUT2D eigenvalue weighted by atomic mass is 32.2. The summed E-state index contributed by atoms with van der Waals surface area (Å²) in [5.74, 6) is -3.65. The standard InChI is InChI=1S/C25H19F5N4O6S/c1-31-24(35)34(15-4-6-16(7-5-15)41(36,37)33-23-9-10-39-32-23)20-13-19(27)17(12-22(20)38-2)14-3-8-18(26)21(11-14)40-25(28,29)30/h3-13H,1-2H3,(H,31,35)(H,32,33). The van der Waals surface area contributed by atoms with E-state index in [1.807, 2.05) is 0 Å². The summed E-state index contributed by atoms with van der Waals surface area (Å²) >= 11 is 0. The number of urea groups is 1. The highest BCUT2D eigenvalue weighted by Gasteiger charge is 2.33. The molecular formula is C25H19F5N4O6S. The molecule has 2 amide bonds. The van der Waals surface area contributed by atoms with Crippen LogP contribution >= 0.6 is 0 Å². The third-order valence-electron chi connectivity index (χ3n) is 5.48. The molecule has 41 heavy (non-hydrogen) atoms. The van der Waals surface area contributed by atoms with Crippen molar-refractivity contribution in [2.24, 2.45) is 0 Å². The lowest BCUT2D eigenvalue weighted by Crippen LogP contribution is -2.34. The van der Waals surface area contributed by atoms with Crippen LogP contribution in [0.15, 0.2) is 76.3 Å². The lowest BCUT2D eigenvalue weighted by atomic mass is 10.0. The minimum atomic E-state index is -5.19. The Balaban J connectivity index is 1.74. The zero-order chi connectivity index (χ0) is 29.9. The minimum absolute atomic E-state index is 0.0559. The number of aromatic nitrogens is 1. The van der Waals surface area contributed by atoms with Crippen LogP contribution in [-0.4, -0.2) is 40.1 Å². The molecule has 0 saturated carbocycles. The van der Waals surface area contributed by atoms with Crippen LogP contribution in [0, 0.1) is 11.6 Å². The monoisotopic (exact) mass is 598 g/mol. The molecule has 1 heterocycles. The maximum atomic E-state index is 15.4. The lowest BCUT2D eigenvalue weighted by Gasteiger charge is -2.25. The van der Waals surface area contributed by atoms with Crippen molar-refractivity contribution in [3.63, 3.8) is 0 Å². The number of anilines is 3. The zero-order valence-corrected chi connectivity index (χ0v) is 21.8. The van der Waals surface area contributed by atoms with Crippen LogP contribution in [0.5, 0.6) is 11.5 Å². The number of rotatable bonds is 8. The summed E-state index contributed by atoms with van der Waals surface area (Å²) in [6.45, 7) is 0. The van der Waals surface area contributed by atoms with Gasteiger partial charge in [0, 0.05) is 24.7 Å². The van der Waals surface area contributed by atoms with E-state index in [0.29, 0.717) is 12.1 Å². The van der Waals surface area contributed by atoms with Crippen molar-refractivity contribution in [3.8, 4) is 22.6 Å². The van der Waals surface area contributed by atoms with Gasteiger partial charge in [0.2, 0.25) is 0 Å². The van der Waals surface area contributed by atoms with E-state index in [-0.39, 0.29) is 39.0 Å². The fraction of sp³-hybridized carbons (Fsp3) is 0.120. The number of carbonyl (C=O) groups is 1. The van der Waals surface area contributed by atoms with Gasteiger partial charge in [0.05, 0.1) is 23.4 Å². The van der Waals surface area contributed by atoms with Crippen LogP contribution in [0.2, 0.25) is 0 Å². The fourth-order valence-corrected chi connectivity index (χ4v) is 4.68. The number of nitrogens with zero attached hydrogens (tertiary/aromatic N) is 2. The van der Waals surface area contributed by atoms with Crippen molar-refractivity contribution >= 4 is 33.2 Å². The molecule has 4 aromatic rings. The predicted octanol–water partition coefficient (Wildman–Crippen LogP) is 5.81. The summed E-state index contributed by atoms with van der Waals surface area (Å²) < 4.78 is 108. The number of benzene rings is 3. The van der Waals surface area contributed by atoms with E-state index in [4.69, 9.17) is 4.74 Å². The van der Waals surface area contributed by atoms with Crippen LogP contribution in [0.4, 0.5) is 43.9 Å². The Morgan fingerprint density at radius 3 is 2.27 bits per heavy atom. The SMILES string of the molecule is CNC(=O)N(c1ccc(S(=O)(=O)Nc2ccon2)cc1)c1cc(F)c(-c2ccc(F)c(OC(F)(F)F)c2)cc1OC. The molecule has 0 radical (unpaired) electrons. The van der Waals surface area contributed by atoms with Gasteiger partial charge in [-0.05, 0) is 48.0 Å². The number of halogens is 5. The molecule has 216 valence electrons. The van der Waals surface area contributed by atoms with E-state index >= 15 is 4.39 Å². The van der Waals surface area contributed by atoms with Gasteiger partial charge in [-0.25, -0.2) is 22.0 Å². The van der Waals surface area contributed by atoms with E-state index < -0.39 is 39.8 Å². The van der Waals surface area contributed by atoms with Gasteiger partial charge in [0.25, 0.3) is 10.0 Å². The molecule has 4 rings (SSSR count). The van der Waals surface area contributed by atoms with Crippen molar-refractivity contribution < 1.29 is 49.2 Å². The molecule has 10 nitrogen and oxygen atoms in total. The van der Waals surface area contributed by atoms with E-state index in [2.05, 4.69) is 24.5 Å². The third kappa shape index (κ3) is 6.49. The summed E-state index contributed by atoms with van der Waals surface area (Å²) in [5.41, 5.74) is -0.500. The molecule has 0 spiro atoms. The van der Waals surface area contributed by atoms with E-state index in [0.717, 1.165) is 23.1 Å². The summed E-state index contributed by atoms with van der Waals surface area (Å²) in [4.78, 5) is 13.7. The Labute approximate surface area is 229 Å². The van der Waals surface area contributed by atoms with Crippen LogP contribution < -0.4 is 24.4 Å². The zero-order valence-electron chi connectivity index (χ0n) is 21.0. The Morgan fingerprint density at radius 2 is 1.68 bits per heavy atom. The summed E-state index contributed by atoms with van der Waals surface area (Å²) in [5, 5.41) is 5.86. The van der Waals surface area contributed by atoms with Gasteiger partial charge >= 0.3 is 12.4 Å². The Morgan fingerprint density at radius 1 is 0.976 bits per heavy atom. The molecular weight excluding hydrogens is 579 g/mol. The fourth-order valence-electron chi connectivity index (χ4n) is 3.69. The van der Waals surface area contributed by atoms with Gasteiger partial charge in [-0.2, -0.15) is 0 Å². The molecule has 0 saturated heterocycles. The molecule has 0 aliphatic rings. The Kier molecular flexibility index (Phi) is 8.05. The van der Waals surface area contributed by atoms with Crippen LogP contribution in [-0.2, 0) is 10.0 Å².